The maximum absolute atomic E-state index is 13.3. The average molecular weight is 469 g/mol. The zero-order valence-electron chi connectivity index (χ0n) is 18.2. The van der Waals surface area contributed by atoms with Crippen LogP contribution in [0.2, 0.25) is 0 Å². The van der Waals surface area contributed by atoms with Crippen LogP contribution in [-0.4, -0.2) is 33.8 Å². The molecule has 4 rings (SSSR count). The summed E-state index contributed by atoms with van der Waals surface area (Å²) in [5, 5.41) is 14.7. The molecule has 1 aromatic carbocycles. The van der Waals surface area contributed by atoms with Gasteiger partial charge in [0.15, 0.2) is 0 Å². The third-order valence-electron chi connectivity index (χ3n) is 6.16. The molecule has 2 aliphatic rings. The molecule has 2 aromatic rings. The molecule has 7 nitrogen and oxygen atoms in total. The first kappa shape index (κ1) is 23.3. The van der Waals surface area contributed by atoms with Gasteiger partial charge in [-0.25, -0.2) is 4.98 Å². The number of nitriles is 1. The predicted octanol–water partition coefficient (Wildman–Crippen LogP) is 4.48. The van der Waals surface area contributed by atoms with Crippen molar-refractivity contribution in [3.63, 3.8) is 0 Å². The highest BCUT2D eigenvalue weighted by molar-refractivity contribution is 6.02. The summed E-state index contributed by atoms with van der Waals surface area (Å²) in [6.07, 6.45) is 0.288. The number of pyridine rings is 1. The molecule has 0 spiro atoms. The lowest BCUT2D eigenvalue weighted by Gasteiger charge is -2.35. The van der Waals surface area contributed by atoms with Crippen LogP contribution < -0.4 is 10.6 Å². The number of carbonyl (C=O) groups excluding carboxylic acids is 2. The first-order valence-electron chi connectivity index (χ1n) is 10.8. The Morgan fingerprint density at radius 1 is 1.29 bits per heavy atom. The standard InChI is InChI=1S/C24H22F3N5O2/c1-2-22(33)31-17-7-6-14-13-32(23(34)19(14)9-17)18-5-3-4-16(8-18)30-21-10-20(24(25,26)27)15(11-28)12-29-21/h2,6-7,9-10,12,16,18H,1,3-5,8,13H2,(H,29,30)(H,31,33)/t16-,18+/m1/s1. The Labute approximate surface area is 194 Å². The van der Waals surface area contributed by atoms with Gasteiger partial charge in [-0.1, -0.05) is 12.6 Å². The van der Waals surface area contributed by atoms with Gasteiger partial charge in [-0.3, -0.25) is 9.59 Å². The monoisotopic (exact) mass is 469 g/mol. The average Bonchev–Trinajstić information content (AvgIpc) is 3.14. The lowest BCUT2D eigenvalue weighted by molar-refractivity contribution is -0.137. The van der Waals surface area contributed by atoms with E-state index in [2.05, 4.69) is 22.2 Å². The second-order valence-corrected chi connectivity index (χ2v) is 8.38. The van der Waals surface area contributed by atoms with Crippen molar-refractivity contribution in [2.75, 3.05) is 10.6 Å². The van der Waals surface area contributed by atoms with Crippen LogP contribution in [0.3, 0.4) is 0 Å². The summed E-state index contributed by atoms with van der Waals surface area (Å²) in [6, 6.07) is 7.32. The number of nitrogens with zero attached hydrogens (tertiary/aromatic N) is 3. The lowest BCUT2D eigenvalue weighted by Crippen LogP contribution is -2.42. The highest BCUT2D eigenvalue weighted by atomic mass is 19.4. The Morgan fingerprint density at radius 3 is 2.79 bits per heavy atom. The van der Waals surface area contributed by atoms with Crippen molar-refractivity contribution in [2.45, 2.75) is 50.5 Å². The molecule has 176 valence electrons. The van der Waals surface area contributed by atoms with Gasteiger partial charge in [-0.15, -0.1) is 0 Å². The van der Waals surface area contributed by atoms with E-state index in [-0.39, 0.29) is 29.7 Å². The molecule has 0 bridgehead atoms. The molecule has 1 aliphatic carbocycles. The van der Waals surface area contributed by atoms with Crippen LogP contribution in [-0.2, 0) is 17.5 Å². The molecule has 0 radical (unpaired) electrons. The zero-order chi connectivity index (χ0) is 24.5. The summed E-state index contributed by atoms with van der Waals surface area (Å²) < 4.78 is 39.8. The SMILES string of the molecule is C=CC(=O)Nc1ccc2c(c1)C(=O)N([C@H]1CCC[C@@H](Nc3cc(C(F)(F)F)c(C#N)cn3)C1)C2. The third kappa shape index (κ3) is 4.73. The summed E-state index contributed by atoms with van der Waals surface area (Å²) in [5.74, 6) is -0.449. The highest BCUT2D eigenvalue weighted by Gasteiger charge is 2.37. The van der Waals surface area contributed by atoms with Crippen LogP contribution in [0.15, 0.2) is 43.1 Å². The number of hydrogen-bond donors (Lipinski definition) is 2. The normalized spacial score (nSPS) is 19.8. The van der Waals surface area contributed by atoms with E-state index in [9.17, 15) is 22.8 Å². The van der Waals surface area contributed by atoms with Crippen LogP contribution >= 0.6 is 0 Å². The Kier molecular flexibility index (Phi) is 6.28. The molecule has 1 aromatic heterocycles. The van der Waals surface area contributed by atoms with E-state index in [1.807, 2.05) is 6.07 Å². The number of carbonyl (C=O) groups is 2. The lowest BCUT2D eigenvalue weighted by atomic mass is 9.90. The highest BCUT2D eigenvalue weighted by Crippen LogP contribution is 2.35. The molecule has 2 heterocycles. The largest absolute Gasteiger partial charge is 0.417 e. The minimum Gasteiger partial charge on any atom is -0.367 e. The molecular formula is C24H22F3N5O2. The van der Waals surface area contributed by atoms with Gasteiger partial charge in [-0.2, -0.15) is 18.4 Å². The maximum atomic E-state index is 13.3. The van der Waals surface area contributed by atoms with Crippen molar-refractivity contribution < 1.29 is 22.8 Å². The summed E-state index contributed by atoms with van der Waals surface area (Å²) in [4.78, 5) is 30.4. The van der Waals surface area contributed by atoms with Gasteiger partial charge in [0.05, 0.1) is 11.1 Å². The number of anilines is 2. The number of aromatic nitrogens is 1. The molecule has 2 N–H and O–H groups in total. The van der Waals surface area contributed by atoms with Gasteiger partial charge in [0.2, 0.25) is 5.91 Å². The second-order valence-electron chi connectivity index (χ2n) is 8.38. The van der Waals surface area contributed by atoms with E-state index in [1.165, 1.54) is 6.07 Å². The van der Waals surface area contributed by atoms with Gasteiger partial charge in [-0.05, 0) is 55.5 Å². The fourth-order valence-electron chi connectivity index (χ4n) is 4.53. The first-order chi connectivity index (χ1) is 16.2. The number of fused-ring (bicyclic) bond motifs is 1. The summed E-state index contributed by atoms with van der Waals surface area (Å²) in [5.41, 5.74) is 0.350. The number of nitrogens with one attached hydrogen (secondary N) is 2. The molecule has 2 amide bonds. The molecule has 0 saturated heterocycles. The molecule has 2 atom stereocenters. The van der Waals surface area contributed by atoms with Gasteiger partial charge >= 0.3 is 6.18 Å². The number of rotatable bonds is 5. The van der Waals surface area contributed by atoms with E-state index in [0.717, 1.165) is 43.2 Å². The minimum atomic E-state index is -4.66. The molecular weight excluding hydrogens is 447 g/mol. The van der Waals surface area contributed by atoms with Crippen LogP contribution in [0.5, 0.6) is 0 Å². The topological polar surface area (TPSA) is 98.1 Å². The number of amides is 2. The fourth-order valence-corrected chi connectivity index (χ4v) is 4.53. The number of benzene rings is 1. The minimum absolute atomic E-state index is 0.0515. The van der Waals surface area contributed by atoms with Gasteiger partial charge < -0.3 is 15.5 Å². The predicted molar refractivity (Wildman–Crippen MR) is 119 cm³/mol. The van der Waals surface area contributed by atoms with E-state index >= 15 is 0 Å². The molecule has 1 saturated carbocycles. The van der Waals surface area contributed by atoms with Crippen molar-refractivity contribution >= 4 is 23.3 Å². The van der Waals surface area contributed by atoms with E-state index in [0.29, 0.717) is 24.2 Å². The van der Waals surface area contributed by atoms with Crippen molar-refractivity contribution in [1.82, 2.24) is 9.88 Å². The van der Waals surface area contributed by atoms with Crippen molar-refractivity contribution in [2.24, 2.45) is 0 Å². The Hall–Kier alpha value is -3.87. The maximum Gasteiger partial charge on any atom is 0.417 e. The van der Waals surface area contributed by atoms with Gasteiger partial charge in [0, 0.05) is 36.1 Å². The Morgan fingerprint density at radius 2 is 2.09 bits per heavy atom. The van der Waals surface area contributed by atoms with Crippen molar-refractivity contribution in [3.05, 3.63) is 65.4 Å². The first-order valence-corrected chi connectivity index (χ1v) is 10.8. The Balaban J connectivity index is 1.46. The van der Waals surface area contributed by atoms with Crippen molar-refractivity contribution in [3.8, 4) is 6.07 Å². The summed E-state index contributed by atoms with van der Waals surface area (Å²) >= 11 is 0. The smallest absolute Gasteiger partial charge is 0.367 e. The molecule has 1 aliphatic heterocycles. The summed E-state index contributed by atoms with van der Waals surface area (Å²) in [6.45, 7) is 3.85. The molecule has 0 unspecified atom stereocenters. The Bertz CT molecular complexity index is 1190. The van der Waals surface area contributed by atoms with Crippen LogP contribution in [0.1, 0.15) is 52.7 Å². The van der Waals surface area contributed by atoms with Gasteiger partial charge in [0.25, 0.3) is 5.91 Å². The van der Waals surface area contributed by atoms with Crippen LogP contribution in [0.25, 0.3) is 0 Å². The second kappa shape index (κ2) is 9.17. The van der Waals surface area contributed by atoms with Crippen molar-refractivity contribution in [1.29, 1.82) is 5.26 Å². The number of halogens is 3. The fraction of sp³-hybridized carbons (Fsp3) is 0.333. The zero-order valence-corrected chi connectivity index (χ0v) is 18.2. The molecule has 1 fully saturated rings. The van der Waals surface area contributed by atoms with E-state index in [4.69, 9.17) is 5.26 Å². The van der Waals surface area contributed by atoms with Gasteiger partial charge in [0.1, 0.15) is 11.9 Å². The van der Waals surface area contributed by atoms with E-state index in [1.54, 1.807) is 17.0 Å². The number of alkyl halides is 3. The molecule has 10 heteroatoms. The quantitative estimate of drug-likeness (QED) is 0.630. The number of hydrogen-bond acceptors (Lipinski definition) is 5. The third-order valence-corrected chi connectivity index (χ3v) is 6.16. The van der Waals surface area contributed by atoms with Crippen LogP contribution in [0, 0.1) is 11.3 Å². The van der Waals surface area contributed by atoms with E-state index < -0.39 is 17.3 Å². The summed E-state index contributed by atoms with van der Waals surface area (Å²) in [7, 11) is 0. The molecule has 34 heavy (non-hydrogen) atoms. The van der Waals surface area contributed by atoms with Crippen LogP contribution in [0.4, 0.5) is 24.7 Å².